The molecule has 1 unspecified atom stereocenters. The van der Waals surface area contributed by atoms with E-state index in [1.807, 2.05) is 6.07 Å². The fraction of sp³-hybridized carbons (Fsp3) is 0.333. The van der Waals surface area contributed by atoms with Gasteiger partial charge in [-0.1, -0.05) is 15.9 Å². The molecule has 106 valence electrons. The lowest BCUT2D eigenvalue weighted by Gasteiger charge is -2.10. The first kappa shape index (κ1) is 14.1. The van der Waals surface area contributed by atoms with Crippen LogP contribution in [0, 0.1) is 17.5 Å². The molecule has 0 spiro atoms. The maximum Gasteiger partial charge on any atom is 0.133 e. The van der Waals surface area contributed by atoms with Crippen LogP contribution in [0.2, 0.25) is 0 Å². The summed E-state index contributed by atoms with van der Waals surface area (Å²) in [6.07, 6.45) is 4.39. The van der Waals surface area contributed by atoms with Gasteiger partial charge in [0.05, 0.1) is 4.83 Å². The molecular weight excluding hydrogens is 349 g/mol. The quantitative estimate of drug-likeness (QED) is 0.617. The summed E-state index contributed by atoms with van der Waals surface area (Å²) in [7, 11) is 0. The average Bonchev–Trinajstić information content (AvgIpc) is 2.81. The van der Waals surface area contributed by atoms with Gasteiger partial charge >= 0.3 is 0 Å². The summed E-state index contributed by atoms with van der Waals surface area (Å²) in [5.74, 6) is -2.60. The molecule has 0 bridgehead atoms. The lowest BCUT2D eigenvalue weighted by Crippen LogP contribution is -2.00. The number of fused-ring (bicyclic) bond motifs is 1. The van der Waals surface area contributed by atoms with Crippen molar-refractivity contribution in [2.75, 3.05) is 0 Å². The smallest absolute Gasteiger partial charge is 0.133 e. The van der Waals surface area contributed by atoms with E-state index in [1.54, 1.807) is 11.3 Å². The van der Waals surface area contributed by atoms with Crippen LogP contribution in [-0.4, -0.2) is 0 Å². The Morgan fingerprint density at radius 1 is 1.00 bits per heavy atom. The molecule has 20 heavy (non-hydrogen) atoms. The van der Waals surface area contributed by atoms with Gasteiger partial charge < -0.3 is 0 Å². The third kappa shape index (κ3) is 2.53. The van der Waals surface area contributed by atoms with Crippen molar-refractivity contribution < 1.29 is 13.2 Å². The van der Waals surface area contributed by atoms with Gasteiger partial charge in [-0.15, -0.1) is 11.3 Å². The van der Waals surface area contributed by atoms with Crippen LogP contribution in [0.5, 0.6) is 0 Å². The van der Waals surface area contributed by atoms with Crippen molar-refractivity contribution in [3.8, 4) is 0 Å². The minimum absolute atomic E-state index is 0.120. The molecule has 1 aromatic heterocycles. The van der Waals surface area contributed by atoms with Gasteiger partial charge in [-0.25, -0.2) is 13.2 Å². The van der Waals surface area contributed by atoms with Gasteiger partial charge in [0, 0.05) is 27.5 Å². The van der Waals surface area contributed by atoms with Crippen LogP contribution in [0.15, 0.2) is 18.2 Å². The second-order valence-electron chi connectivity index (χ2n) is 4.95. The zero-order chi connectivity index (χ0) is 14.3. The molecule has 1 aromatic carbocycles. The first-order valence-corrected chi connectivity index (χ1v) is 8.19. The van der Waals surface area contributed by atoms with E-state index < -0.39 is 22.3 Å². The minimum atomic E-state index is -0.895. The van der Waals surface area contributed by atoms with Crippen LogP contribution >= 0.6 is 27.3 Å². The summed E-state index contributed by atoms with van der Waals surface area (Å²) in [6, 6.07) is 3.46. The molecule has 1 aliphatic carbocycles. The number of benzene rings is 1. The van der Waals surface area contributed by atoms with Gasteiger partial charge in [-0.2, -0.15) is 0 Å². The molecular formula is C15H12BrF3S. The molecule has 0 amide bonds. The third-order valence-corrected chi connectivity index (χ3v) is 6.12. The van der Waals surface area contributed by atoms with E-state index in [0.29, 0.717) is 0 Å². The molecule has 0 aliphatic heterocycles. The summed E-state index contributed by atoms with van der Waals surface area (Å²) in [4.78, 5) is 1.61. The zero-order valence-corrected chi connectivity index (χ0v) is 13.0. The van der Waals surface area contributed by atoms with Crippen molar-refractivity contribution in [1.82, 2.24) is 0 Å². The molecule has 0 radical (unpaired) electrons. The SMILES string of the molecule is Fc1cc(F)c(C(Br)c2cc3c(s2)CCCC3)c(F)c1. The van der Waals surface area contributed by atoms with Crippen LogP contribution in [0.1, 0.15) is 38.6 Å². The van der Waals surface area contributed by atoms with Crippen molar-refractivity contribution in [2.24, 2.45) is 0 Å². The molecule has 0 nitrogen and oxygen atoms in total. The monoisotopic (exact) mass is 360 g/mol. The number of rotatable bonds is 2. The molecule has 2 aromatic rings. The molecule has 0 saturated heterocycles. The van der Waals surface area contributed by atoms with Crippen molar-refractivity contribution in [1.29, 1.82) is 0 Å². The summed E-state index contributed by atoms with van der Waals surface area (Å²) in [6.45, 7) is 0. The predicted molar refractivity (Wildman–Crippen MR) is 78.0 cm³/mol. The van der Waals surface area contributed by atoms with Gasteiger partial charge in [0.15, 0.2) is 0 Å². The summed E-state index contributed by atoms with van der Waals surface area (Å²) >= 11 is 4.94. The second kappa shape index (κ2) is 5.53. The molecule has 5 heteroatoms. The first-order chi connectivity index (χ1) is 9.56. The second-order valence-corrected chi connectivity index (χ2v) is 7.03. The van der Waals surface area contributed by atoms with Crippen LogP contribution < -0.4 is 0 Å². The Balaban J connectivity index is 2.00. The maximum absolute atomic E-state index is 13.8. The van der Waals surface area contributed by atoms with E-state index >= 15 is 0 Å². The lowest BCUT2D eigenvalue weighted by atomic mass is 9.98. The molecule has 3 rings (SSSR count). The maximum atomic E-state index is 13.8. The molecule has 1 heterocycles. The lowest BCUT2D eigenvalue weighted by molar-refractivity contribution is 0.528. The van der Waals surface area contributed by atoms with Gasteiger partial charge in [-0.05, 0) is 37.3 Å². The normalized spacial score (nSPS) is 16.0. The van der Waals surface area contributed by atoms with Gasteiger partial charge in [0.25, 0.3) is 0 Å². The number of thiophene rings is 1. The van der Waals surface area contributed by atoms with Crippen LogP contribution in [0.4, 0.5) is 13.2 Å². The summed E-state index contributed by atoms with van der Waals surface area (Å²) < 4.78 is 40.6. The molecule has 0 fully saturated rings. The predicted octanol–water partition coefficient (Wildman–Crippen LogP) is 5.53. The third-order valence-electron chi connectivity index (χ3n) is 3.56. The standard InChI is InChI=1S/C15H12BrF3S/c16-15(14-10(18)6-9(17)7-11(14)19)13-5-8-3-1-2-4-12(8)20-13/h5-7,15H,1-4H2. The van der Waals surface area contributed by atoms with E-state index in [0.717, 1.165) is 36.3 Å². The summed E-state index contributed by atoms with van der Waals surface area (Å²) in [5, 5.41) is 0. The number of hydrogen-bond donors (Lipinski definition) is 0. The van der Waals surface area contributed by atoms with Crippen LogP contribution in [0.3, 0.4) is 0 Å². The fourth-order valence-electron chi connectivity index (χ4n) is 2.58. The highest BCUT2D eigenvalue weighted by Gasteiger charge is 2.24. The van der Waals surface area contributed by atoms with E-state index in [4.69, 9.17) is 0 Å². The summed E-state index contributed by atoms with van der Waals surface area (Å²) in [5.41, 5.74) is 1.16. The van der Waals surface area contributed by atoms with E-state index in [9.17, 15) is 13.2 Å². The van der Waals surface area contributed by atoms with Crippen LogP contribution in [-0.2, 0) is 12.8 Å². The van der Waals surface area contributed by atoms with Gasteiger partial charge in [-0.3, -0.25) is 0 Å². The average molecular weight is 361 g/mol. The molecule has 1 aliphatic rings. The Bertz CT molecular complexity index is 604. The fourth-order valence-corrected chi connectivity index (χ4v) is 4.67. The Hall–Kier alpha value is -0.810. The number of hydrogen-bond acceptors (Lipinski definition) is 1. The van der Waals surface area contributed by atoms with Crippen molar-refractivity contribution in [3.05, 3.63) is 56.5 Å². The highest BCUT2D eigenvalue weighted by molar-refractivity contribution is 9.09. The van der Waals surface area contributed by atoms with Crippen LogP contribution in [0.25, 0.3) is 0 Å². The van der Waals surface area contributed by atoms with E-state index in [1.165, 1.54) is 16.9 Å². The molecule has 0 saturated carbocycles. The highest BCUT2D eigenvalue weighted by atomic mass is 79.9. The first-order valence-electron chi connectivity index (χ1n) is 6.46. The zero-order valence-electron chi connectivity index (χ0n) is 10.6. The van der Waals surface area contributed by atoms with E-state index in [-0.39, 0.29) is 5.56 Å². The minimum Gasteiger partial charge on any atom is -0.207 e. The Labute approximate surface area is 127 Å². The largest absolute Gasteiger partial charge is 0.207 e. The van der Waals surface area contributed by atoms with Gasteiger partial charge in [0.2, 0.25) is 0 Å². The molecule has 0 N–H and O–H groups in total. The number of halogens is 4. The molecule has 1 atom stereocenters. The Kier molecular flexibility index (Phi) is 3.91. The van der Waals surface area contributed by atoms with Crippen molar-refractivity contribution in [2.45, 2.75) is 30.5 Å². The Morgan fingerprint density at radius 2 is 1.65 bits per heavy atom. The highest BCUT2D eigenvalue weighted by Crippen LogP contribution is 2.41. The number of aryl methyl sites for hydroxylation is 2. The van der Waals surface area contributed by atoms with E-state index in [2.05, 4.69) is 15.9 Å². The topological polar surface area (TPSA) is 0 Å². The number of alkyl halides is 1. The van der Waals surface area contributed by atoms with Crippen molar-refractivity contribution >= 4 is 27.3 Å². The van der Waals surface area contributed by atoms with Gasteiger partial charge in [0.1, 0.15) is 17.5 Å². The Morgan fingerprint density at radius 3 is 2.30 bits per heavy atom. The van der Waals surface area contributed by atoms with Crippen molar-refractivity contribution in [3.63, 3.8) is 0 Å².